The van der Waals surface area contributed by atoms with Crippen molar-refractivity contribution >= 4 is 29.6 Å². The molecule has 116 valence electrons. The van der Waals surface area contributed by atoms with Gasteiger partial charge in [-0.1, -0.05) is 18.2 Å². The van der Waals surface area contributed by atoms with Crippen LogP contribution in [0.3, 0.4) is 0 Å². The summed E-state index contributed by atoms with van der Waals surface area (Å²) in [6.45, 7) is 2.08. The van der Waals surface area contributed by atoms with Gasteiger partial charge in [-0.05, 0) is 19.1 Å². The quantitative estimate of drug-likeness (QED) is 0.800. The van der Waals surface area contributed by atoms with Gasteiger partial charge in [-0.3, -0.25) is 4.79 Å². The number of fused-ring (bicyclic) bond motifs is 1. The molecule has 0 amide bonds. The third-order valence-electron chi connectivity index (χ3n) is 3.19. The van der Waals surface area contributed by atoms with Gasteiger partial charge in [0.15, 0.2) is 5.92 Å². The van der Waals surface area contributed by atoms with Crippen LogP contribution in [0.4, 0.5) is 5.69 Å². The molecule has 6 heteroatoms. The maximum atomic E-state index is 12.2. The van der Waals surface area contributed by atoms with Crippen molar-refractivity contribution in [3.05, 3.63) is 35.4 Å². The fourth-order valence-corrected chi connectivity index (χ4v) is 2.18. The lowest BCUT2D eigenvalue weighted by atomic mass is 9.97. The lowest BCUT2D eigenvalue weighted by Gasteiger charge is -2.17. The average Bonchev–Trinajstić information content (AvgIpc) is 2.70. The molecule has 1 aliphatic heterocycles. The zero-order valence-electron chi connectivity index (χ0n) is 12.7. The minimum Gasteiger partial charge on any atom is -0.480 e. The van der Waals surface area contributed by atoms with Crippen LogP contribution in [0.15, 0.2) is 34.8 Å². The Kier molecular flexibility index (Phi) is 4.93. The maximum absolute atomic E-state index is 12.2. The summed E-state index contributed by atoms with van der Waals surface area (Å²) in [5.74, 6) is -2.18. The van der Waals surface area contributed by atoms with Crippen LogP contribution in [0.2, 0.25) is 0 Å². The molecule has 0 spiro atoms. The molecule has 0 radical (unpaired) electrons. The van der Waals surface area contributed by atoms with Crippen molar-refractivity contribution in [2.75, 3.05) is 20.8 Å². The Morgan fingerprint density at radius 1 is 1.18 bits per heavy atom. The van der Waals surface area contributed by atoms with Crippen LogP contribution >= 0.6 is 0 Å². The normalized spacial score (nSPS) is 16.6. The van der Waals surface area contributed by atoms with E-state index in [1.807, 2.05) is 12.1 Å². The fourth-order valence-electron chi connectivity index (χ4n) is 2.18. The first-order valence-corrected chi connectivity index (χ1v) is 6.80. The number of carbonyl (C=O) groups is 2. The topological polar surface area (TPSA) is 74.2 Å². The minimum absolute atomic E-state index is 0.121. The van der Waals surface area contributed by atoms with Crippen LogP contribution in [0.5, 0.6) is 0 Å². The first-order chi connectivity index (χ1) is 10.6. The summed E-state index contributed by atoms with van der Waals surface area (Å²) < 4.78 is 15.1. The number of esters is 2. The zero-order chi connectivity index (χ0) is 16.1. The van der Waals surface area contributed by atoms with Gasteiger partial charge in [0.2, 0.25) is 5.90 Å². The van der Waals surface area contributed by atoms with E-state index in [4.69, 9.17) is 14.2 Å². The summed E-state index contributed by atoms with van der Waals surface area (Å²) in [5, 5.41) is 0. The molecule has 0 aromatic heterocycles. The summed E-state index contributed by atoms with van der Waals surface area (Å²) >= 11 is 0. The maximum Gasteiger partial charge on any atom is 0.335 e. The molecule has 2 rings (SSSR count). The van der Waals surface area contributed by atoms with Crippen molar-refractivity contribution in [2.45, 2.75) is 6.92 Å². The lowest BCUT2D eigenvalue weighted by molar-refractivity contribution is -0.145. The van der Waals surface area contributed by atoms with Crippen molar-refractivity contribution in [3.63, 3.8) is 0 Å². The van der Waals surface area contributed by atoms with Gasteiger partial charge in [0.1, 0.15) is 0 Å². The van der Waals surface area contributed by atoms with Crippen LogP contribution < -0.4 is 0 Å². The predicted molar refractivity (Wildman–Crippen MR) is 80.7 cm³/mol. The Balaban J connectivity index is 2.66. The van der Waals surface area contributed by atoms with E-state index in [0.717, 1.165) is 0 Å². The fraction of sp³-hybridized carbons (Fsp3) is 0.312. The summed E-state index contributed by atoms with van der Waals surface area (Å²) in [6.07, 6.45) is 1.58. The first kappa shape index (κ1) is 15.8. The van der Waals surface area contributed by atoms with Crippen LogP contribution in [0, 0.1) is 5.92 Å². The number of hydrogen-bond acceptors (Lipinski definition) is 6. The van der Waals surface area contributed by atoms with Crippen molar-refractivity contribution in [3.8, 4) is 0 Å². The number of aliphatic imine (C=N–C) groups is 1. The Morgan fingerprint density at radius 2 is 1.91 bits per heavy atom. The van der Waals surface area contributed by atoms with Crippen LogP contribution in [-0.4, -0.2) is 38.7 Å². The summed E-state index contributed by atoms with van der Waals surface area (Å²) in [7, 11) is 2.50. The molecule has 22 heavy (non-hydrogen) atoms. The van der Waals surface area contributed by atoms with Gasteiger partial charge < -0.3 is 14.2 Å². The second kappa shape index (κ2) is 6.89. The van der Waals surface area contributed by atoms with Crippen molar-refractivity contribution in [2.24, 2.45) is 10.9 Å². The number of ether oxygens (including phenoxy) is 3. The summed E-state index contributed by atoms with van der Waals surface area (Å²) in [6, 6.07) is 7.21. The Bertz CT molecular complexity index is 648. The van der Waals surface area contributed by atoms with Gasteiger partial charge >= 0.3 is 11.9 Å². The van der Waals surface area contributed by atoms with E-state index in [2.05, 4.69) is 4.99 Å². The molecule has 0 unspecified atom stereocenters. The summed E-state index contributed by atoms with van der Waals surface area (Å²) in [4.78, 5) is 28.6. The molecule has 0 bridgehead atoms. The van der Waals surface area contributed by atoms with Crippen molar-refractivity contribution in [1.82, 2.24) is 0 Å². The number of rotatable bonds is 3. The van der Waals surface area contributed by atoms with E-state index in [0.29, 0.717) is 17.9 Å². The molecule has 0 N–H and O–H groups in total. The first-order valence-electron chi connectivity index (χ1n) is 6.80. The number of nitrogens with zero attached hydrogens (tertiary/aromatic N) is 1. The Morgan fingerprint density at radius 3 is 2.55 bits per heavy atom. The second-order valence-electron chi connectivity index (χ2n) is 4.49. The molecule has 0 saturated heterocycles. The van der Waals surface area contributed by atoms with E-state index in [-0.39, 0.29) is 11.5 Å². The Hall–Kier alpha value is -2.63. The van der Waals surface area contributed by atoms with Gasteiger partial charge in [0.25, 0.3) is 0 Å². The molecular formula is C16H17NO5. The van der Waals surface area contributed by atoms with Crippen LogP contribution in [0.1, 0.15) is 12.5 Å². The molecule has 1 atom stereocenters. The third-order valence-corrected chi connectivity index (χ3v) is 3.19. The predicted octanol–water partition coefficient (Wildman–Crippen LogP) is 2.11. The highest BCUT2D eigenvalue weighted by atomic mass is 16.5. The molecule has 1 aliphatic rings. The number of benzene rings is 1. The monoisotopic (exact) mass is 303 g/mol. The molecular weight excluding hydrogens is 286 g/mol. The van der Waals surface area contributed by atoms with Gasteiger partial charge in [0, 0.05) is 5.56 Å². The van der Waals surface area contributed by atoms with E-state index < -0.39 is 17.9 Å². The number of hydrogen-bond donors (Lipinski definition) is 0. The van der Waals surface area contributed by atoms with Gasteiger partial charge in [-0.2, -0.15) is 0 Å². The highest BCUT2D eigenvalue weighted by Crippen LogP contribution is 2.31. The zero-order valence-corrected chi connectivity index (χ0v) is 12.7. The average molecular weight is 303 g/mol. The van der Waals surface area contributed by atoms with Gasteiger partial charge in [-0.15, -0.1) is 0 Å². The van der Waals surface area contributed by atoms with Gasteiger partial charge in [0.05, 0.1) is 32.1 Å². The molecule has 1 aromatic carbocycles. The third kappa shape index (κ3) is 3.00. The SMILES string of the molecule is CCOC1=Nc2ccccc2C=C(C(=O)OC)[C@@H]1C(=O)OC. The van der Waals surface area contributed by atoms with Crippen LogP contribution in [0.25, 0.3) is 6.08 Å². The molecule has 0 fully saturated rings. The van der Waals surface area contributed by atoms with E-state index in [1.165, 1.54) is 14.2 Å². The number of methoxy groups -OCH3 is 2. The smallest absolute Gasteiger partial charge is 0.335 e. The van der Waals surface area contributed by atoms with Crippen molar-refractivity contribution in [1.29, 1.82) is 0 Å². The second-order valence-corrected chi connectivity index (χ2v) is 4.49. The number of para-hydroxylation sites is 1. The molecule has 0 saturated carbocycles. The van der Waals surface area contributed by atoms with Crippen molar-refractivity contribution < 1.29 is 23.8 Å². The summed E-state index contributed by atoms with van der Waals surface area (Å²) in [5.41, 5.74) is 1.44. The highest BCUT2D eigenvalue weighted by molar-refractivity contribution is 6.13. The van der Waals surface area contributed by atoms with Gasteiger partial charge in [-0.25, -0.2) is 9.79 Å². The minimum atomic E-state index is -1.05. The molecule has 6 nitrogen and oxygen atoms in total. The highest BCUT2D eigenvalue weighted by Gasteiger charge is 2.37. The van der Waals surface area contributed by atoms with E-state index >= 15 is 0 Å². The van der Waals surface area contributed by atoms with E-state index in [1.54, 1.807) is 25.1 Å². The lowest BCUT2D eigenvalue weighted by Crippen LogP contribution is -2.32. The van der Waals surface area contributed by atoms with Crippen LogP contribution in [-0.2, 0) is 23.8 Å². The van der Waals surface area contributed by atoms with E-state index in [9.17, 15) is 9.59 Å². The standard InChI is InChI=1S/C16H17NO5/c1-4-22-14-13(16(19)21-3)11(15(18)20-2)9-10-7-5-6-8-12(10)17-14/h5-9,13H,4H2,1-3H3/t13-/m0/s1. The number of carbonyl (C=O) groups excluding carboxylic acids is 2. The Labute approximate surface area is 128 Å². The molecule has 0 aliphatic carbocycles. The largest absolute Gasteiger partial charge is 0.480 e. The molecule has 1 aromatic rings. The molecule has 1 heterocycles.